The minimum absolute atomic E-state index is 0.192. The summed E-state index contributed by atoms with van der Waals surface area (Å²) >= 11 is 0. The van der Waals surface area contributed by atoms with E-state index < -0.39 is 0 Å². The molecule has 1 saturated carbocycles. The first kappa shape index (κ1) is 13.1. The van der Waals surface area contributed by atoms with E-state index in [-0.39, 0.29) is 5.91 Å². The van der Waals surface area contributed by atoms with Gasteiger partial charge in [-0.2, -0.15) is 0 Å². The first-order valence-electron chi connectivity index (χ1n) is 8.18. The first-order valence-corrected chi connectivity index (χ1v) is 8.18. The average Bonchev–Trinajstić information content (AvgIpc) is 3.21. The molecule has 4 rings (SSSR count). The van der Waals surface area contributed by atoms with E-state index >= 15 is 0 Å². The summed E-state index contributed by atoms with van der Waals surface area (Å²) in [5, 5.41) is 3.35. The number of amides is 1. The molecule has 0 atom stereocenters. The summed E-state index contributed by atoms with van der Waals surface area (Å²) in [6.07, 6.45) is 3.88. The van der Waals surface area contributed by atoms with Crippen LogP contribution in [0.1, 0.15) is 28.8 Å². The van der Waals surface area contributed by atoms with Crippen LogP contribution in [0.25, 0.3) is 0 Å². The van der Waals surface area contributed by atoms with Crippen LogP contribution in [-0.4, -0.2) is 55.0 Å². The molecule has 1 N–H and O–H groups in total. The smallest absolute Gasteiger partial charge is 0.254 e. The predicted molar refractivity (Wildman–Crippen MR) is 83.7 cm³/mol. The van der Waals surface area contributed by atoms with Gasteiger partial charge in [0, 0.05) is 50.5 Å². The zero-order valence-electron chi connectivity index (χ0n) is 12.5. The maximum Gasteiger partial charge on any atom is 0.254 e. The molecule has 0 radical (unpaired) electrons. The first-order chi connectivity index (χ1) is 10.3. The van der Waals surface area contributed by atoms with Crippen LogP contribution < -0.4 is 5.32 Å². The fourth-order valence-electron chi connectivity index (χ4n) is 3.41. The Balaban J connectivity index is 1.38. The third kappa shape index (κ3) is 2.77. The number of rotatable bonds is 3. The Bertz CT molecular complexity index is 545. The molecule has 0 spiro atoms. The number of fused-ring (bicyclic) bond motifs is 1. The normalized spacial score (nSPS) is 22.0. The van der Waals surface area contributed by atoms with Gasteiger partial charge >= 0.3 is 0 Å². The molecule has 1 aliphatic carbocycles. The molecule has 0 aromatic heterocycles. The van der Waals surface area contributed by atoms with Crippen molar-refractivity contribution in [3.8, 4) is 0 Å². The van der Waals surface area contributed by atoms with Crippen LogP contribution in [0.5, 0.6) is 0 Å². The average molecular weight is 285 g/mol. The van der Waals surface area contributed by atoms with Gasteiger partial charge < -0.3 is 10.2 Å². The number of carbonyl (C=O) groups excluding carboxylic acids is 1. The fourth-order valence-corrected chi connectivity index (χ4v) is 3.41. The lowest BCUT2D eigenvalue weighted by Gasteiger charge is -2.34. The number of anilines is 1. The molecule has 2 aliphatic heterocycles. The van der Waals surface area contributed by atoms with E-state index in [0.29, 0.717) is 0 Å². The van der Waals surface area contributed by atoms with Gasteiger partial charge in [0.25, 0.3) is 5.91 Å². The van der Waals surface area contributed by atoms with E-state index in [4.69, 9.17) is 0 Å². The molecule has 21 heavy (non-hydrogen) atoms. The molecule has 112 valence electrons. The van der Waals surface area contributed by atoms with Crippen molar-refractivity contribution in [2.45, 2.75) is 19.3 Å². The highest BCUT2D eigenvalue weighted by molar-refractivity contribution is 5.95. The standard InChI is InChI=1S/C17H23N3O/c21-17(15-4-3-14-5-6-18-16(14)11-15)20-9-7-19(8-10-20)12-13-1-2-13/h3-4,11,13,18H,1-2,5-10,12H2. The molecule has 1 amide bonds. The summed E-state index contributed by atoms with van der Waals surface area (Å²) in [5.41, 5.74) is 3.31. The van der Waals surface area contributed by atoms with Gasteiger partial charge in [0.05, 0.1) is 0 Å². The zero-order valence-corrected chi connectivity index (χ0v) is 12.5. The molecule has 2 fully saturated rings. The Morgan fingerprint density at radius 3 is 2.76 bits per heavy atom. The van der Waals surface area contributed by atoms with Crippen LogP contribution in [0.2, 0.25) is 0 Å². The number of hydrogen-bond donors (Lipinski definition) is 1. The zero-order chi connectivity index (χ0) is 14.2. The van der Waals surface area contributed by atoms with Crippen LogP contribution >= 0.6 is 0 Å². The maximum atomic E-state index is 12.6. The summed E-state index contributed by atoms with van der Waals surface area (Å²) in [6.45, 7) is 6.04. The van der Waals surface area contributed by atoms with Crippen LogP contribution in [0.15, 0.2) is 18.2 Å². The third-order valence-electron chi connectivity index (χ3n) is 4.94. The molecule has 1 saturated heterocycles. The Labute approximate surface area is 126 Å². The lowest BCUT2D eigenvalue weighted by atomic mass is 10.1. The van der Waals surface area contributed by atoms with Gasteiger partial charge in [-0.15, -0.1) is 0 Å². The van der Waals surface area contributed by atoms with Gasteiger partial charge in [0.2, 0.25) is 0 Å². The third-order valence-corrected chi connectivity index (χ3v) is 4.94. The largest absolute Gasteiger partial charge is 0.384 e. The predicted octanol–water partition coefficient (Wildman–Crippen LogP) is 1.82. The van der Waals surface area contributed by atoms with Crippen molar-refractivity contribution >= 4 is 11.6 Å². The summed E-state index contributed by atoms with van der Waals surface area (Å²) in [4.78, 5) is 17.2. The van der Waals surface area contributed by atoms with E-state index in [1.165, 1.54) is 24.9 Å². The van der Waals surface area contributed by atoms with Crippen molar-refractivity contribution in [1.29, 1.82) is 0 Å². The second-order valence-electron chi connectivity index (χ2n) is 6.58. The van der Waals surface area contributed by atoms with Crippen molar-refractivity contribution in [3.05, 3.63) is 29.3 Å². The number of carbonyl (C=O) groups is 1. The highest BCUT2D eigenvalue weighted by Crippen LogP contribution is 2.30. The minimum Gasteiger partial charge on any atom is -0.384 e. The molecular formula is C17H23N3O. The van der Waals surface area contributed by atoms with Gasteiger partial charge in [-0.05, 0) is 42.9 Å². The second kappa shape index (κ2) is 5.34. The van der Waals surface area contributed by atoms with Crippen molar-refractivity contribution in [3.63, 3.8) is 0 Å². The summed E-state index contributed by atoms with van der Waals surface area (Å²) in [6, 6.07) is 6.12. The Hall–Kier alpha value is -1.55. The SMILES string of the molecule is O=C(c1ccc2c(c1)NCC2)N1CCN(CC2CC2)CC1. The molecule has 1 aromatic carbocycles. The maximum absolute atomic E-state index is 12.6. The molecule has 1 aromatic rings. The second-order valence-corrected chi connectivity index (χ2v) is 6.58. The number of nitrogens with zero attached hydrogens (tertiary/aromatic N) is 2. The van der Waals surface area contributed by atoms with E-state index in [0.717, 1.165) is 56.3 Å². The van der Waals surface area contributed by atoms with Gasteiger partial charge in [-0.3, -0.25) is 9.69 Å². The van der Waals surface area contributed by atoms with Crippen LogP contribution in [0.4, 0.5) is 5.69 Å². The monoisotopic (exact) mass is 285 g/mol. The summed E-state index contributed by atoms with van der Waals surface area (Å²) in [7, 11) is 0. The van der Waals surface area contributed by atoms with Gasteiger partial charge in [-0.1, -0.05) is 6.07 Å². The van der Waals surface area contributed by atoms with E-state index in [2.05, 4.69) is 16.3 Å². The number of benzene rings is 1. The highest BCUT2D eigenvalue weighted by Gasteiger charge is 2.28. The van der Waals surface area contributed by atoms with Crippen molar-refractivity contribution in [2.24, 2.45) is 5.92 Å². The molecular weight excluding hydrogens is 262 g/mol. The van der Waals surface area contributed by atoms with E-state index in [1.54, 1.807) is 0 Å². The highest BCUT2D eigenvalue weighted by atomic mass is 16.2. The van der Waals surface area contributed by atoms with E-state index in [9.17, 15) is 4.79 Å². The molecule has 0 bridgehead atoms. The Morgan fingerprint density at radius 1 is 1.19 bits per heavy atom. The summed E-state index contributed by atoms with van der Waals surface area (Å²) < 4.78 is 0. The van der Waals surface area contributed by atoms with Gasteiger partial charge in [0.15, 0.2) is 0 Å². The summed E-state index contributed by atoms with van der Waals surface area (Å²) in [5.74, 6) is 1.13. The van der Waals surface area contributed by atoms with E-state index in [1.807, 2.05) is 17.0 Å². The van der Waals surface area contributed by atoms with Crippen molar-refractivity contribution in [2.75, 3.05) is 44.6 Å². The van der Waals surface area contributed by atoms with Crippen molar-refractivity contribution in [1.82, 2.24) is 9.80 Å². The molecule has 4 heteroatoms. The van der Waals surface area contributed by atoms with Crippen molar-refractivity contribution < 1.29 is 4.79 Å². The lowest BCUT2D eigenvalue weighted by molar-refractivity contribution is 0.0632. The number of hydrogen-bond acceptors (Lipinski definition) is 3. The number of nitrogens with one attached hydrogen (secondary N) is 1. The topological polar surface area (TPSA) is 35.6 Å². The Morgan fingerprint density at radius 2 is 2.00 bits per heavy atom. The van der Waals surface area contributed by atoms with Gasteiger partial charge in [-0.25, -0.2) is 0 Å². The number of piperazine rings is 1. The Kier molecular flexibility index (Phi) is 3.34. The lowest BCUT2D eigenvalue weighted by Crippen LogP contribution is -2.49. The molecule has 0 unspecified atom stereocenters. The van der Waals surface area contributed by atoms with Crippen LogP contribution in [0, 0.1) is 5.92 Å². The van der Waals surface area contributed by atoms with Gasteiger partial charge in [0.1, 0.15) is 0 Å². The molecule has 3 aliphatic rings. The quantitative estimate of drug-likeness (QED) is 0.920. The fraction of sp³-hybridized carbons (Fsp3) is 0.588. The molecule has 4 nitrogen and oxygen atoms in total. The van der Waals surface area contributed by atoms with Crippen LogP contribution in [-0.2, 0) is 6.42 Å². The van der Waals surface area contributed by atoms with Crippen LogP contribution in [0.3, 0.4) is 0 Å². The molecule has 2 heterocycles. The minimum atomic E-state index is 0.192.